The lowest BCUT2D eigenvalue weighted by Crippen LogP contribution is -2.01. The van der Waals surface area contributed by atoms with Gasteiger partial charge in [0.1, 0.15) is 5.76 Å². The molecule has 1 aromatic heterocycles. The zero-order valence-corrected chi connectivity index (χ0v) is 4.35. The minimum Gasteiger partial charge on any atom is -0.447 e. The van der Waals surface area contributed by atoms with Crippen molar-refractivity contribution in [1.29, 1.82) is 0 Å². The van der Waals surface area contributed by atoms with Gasteiger partial charge in [0.25, 0.3) is 0 Å². The van der Waals surface area contributed by atoms with Crippen LogP contribution in [0.25, 0.3) is 0 Å². The molecular weight excluding hydrogens is 104 g/mol. The molecule has 0 unspecified atom stereocenters. The zero-order chi connectivity index (χ0) is 5.40. The van der Waals surface area contributed by atoms with Crippen LogP contribution in [0, 0.1) is 0 Å². The molecule has 0 atom stereocenters. The first kappa shape index (κ1) is 4.09. The van der Waals surface area contributed by atoms with Gasteiger partial charge in [0.2, 0.25) is 0 Å². The molecule has 3 nitrogen and oxygen atoms in total. The molecule has 1 aliphatic rings. The van der Waals surface area contributed by atoms with Crippen LogP contribution >= 0.6 is 0 Å². The highest BCUT2D eigenvalue weighted by Crippen LogP contribution is 2.10. The minimum atomic E-state index is 0.843. The van der Waals surface area contributed by atoms with Crippen molar-refractivity contribution in [2.75, 3.05) is 0 Å². The van der Waals surface area contributed by atoms with Crippen LogP contribution in [0.3, 0.4) is 0 Å². The van der Waals surface area contributed by atoms with Crippen molar-refractivity contribution in [2.24, 2.45) is 0 Å². The Kier molecular flexibility index (Phi) is 0.676. The molecule has 0 saturated carbocycles. The molecule has 42 valence electrons. The predicted octanol–water partition coefficient (Wildman–Crippen LogP) is 0.278. The van der Waals surface area contributed by atoms with E-state index in [2.05, 4.69) is 10.3 Å². The van der Waals surface area contributed by atoms with E-state index in [0.717, 1.165) is 24.5 Å². The van der Waals surface area contributed by atoms with Gasteiger partial charge in [-0.2, -0.15) is 0 Å². The summed E-state index contributed by atoms with van der Waals surface area (Å²) in [5.41, 5.74) is 1.06. The number of hydrogen-bond donors (Lipinski definition) is 1. The van der Waals surface area contributed by atoms with Crippen LogP contribution in [0.1, 0.15) is 11.5 Å². The summed E-state index contributed by atoms with van der Waals surface area (Å²) in [6.45, 7) is 1.71. The van der Waals surface area contributed by atoms with Crippen LogP contribution in [-0.2, 0) is 13.1 Å². The number of oxazole rings is 1. The fourth-order valence-corrected chi connectivity index (χ4v) is 0.876. The molecule has 1 N–H and O–H groups in total. The molecule has 2 heterocycles. The Hall–Kier alpha value is -0.830. The Bertz CT molecular complexity index is 176. The van der Waals surface area contributed by atoms with Crippen molar-refractivity contribution < 1.29 is 4.42 Å². The van der Waals surface area contributed by atoms with Crippen LogP contribution < -0.4 is 5.32 Å². The number of aromatic nitrogens is 1. The summed E-state index contributed by atoms with van der Waals surface area (Å²) in [4.78, 5) is 3.97. The molecular formula is C5H6N2O. The fraction of sp³-hybridized carbons (Fsp3) is 0.400. The van der Waals surface area contributed by atoms with Gasteiger partial charge in [0.15, 0.2) is 6.39 Å². The Morgan fingerprint density at radius 3 is 3.50 bits per heavy atom. The molecule has 3 heteroatoms. The molecule has 0 aliphatic carbocycles. The summed E-state index contributed by atoms with van der Waals surface area (Å²) >= 11 is 0. The standard InChI is InChI=1S/C5H6N2O/c1-4-5(2-6-1)8-3-7-4/h3,6H,1-2H2. The number of nitrogens with zero attached hydrogens (tertiary/aromatic N) is 1. The maximum Gasteiger partial charge on any atom is 0.181 e. The van der Waals surface area contributed by atoms with Crippen molar-refractivity contribution in [3.63, 3.8) is 0 Å². The molecule has 8 heavy (non-hydrogen) atoms. The molecule has 0 bridgehead atoms. The summed E-state index contributed by atoms with van der Waals surface area (Å²) in [5, 5.41) is 3.11. The van der Waals surface area contributed by atoms with Crippen LogP contribution in [-0.4, -0.2) is 4.98 Å². The molecule has 0 amide bonds. The van der Waals surface area contributed by atoms with Crippen molar-refractivity contribution in [3.05, 3.63) is 17.8 Å². The lowest BCUT2D eigenvalue weighted by molar-refractivity contribution is 0.497. The highest BCUT2D eigenvalue weighted by Gasteiger charge is 2.12. The SMILES string of the molecule is c1nc2c(o1)CNC2. The van der Waals surface area contributed by atoms with E-state index in [1.807, 2.05) is 0 Å². The van der Waals surface area contributed by atoms with E-state index < -0.39 is 0 Å². The normalized spacial score (nSPS) is 16.5. The average Bonchev–Trinajstić information content (AvgIpc) is 2.15. The molecule has 0 fully saturated rings. The lowest BCUT2D eigenvalue weighted by atomic mass is 10.4. The van der Waals surface area contributed by atoms with Gasteiger partial charge in [-0.05, 0) is 0 Å². The molecule has 0 saturated heterocycles. The van der Waals surface area contributed by atoms with Crippen LogP contribution in [0.15, 0.2) is 10.8 Å². The second-order valence-corrected chi connectivity index (χ2v) is 1.83. The second kappa shape index (κ2) is 1.32. The van der Waals surface area contributed by atoms with Crippen LogP contribution in [0.5, 0.6) is 0 Å². The maximum absolute atomic E-state index is 5.00. The predicted molar refractivity (Wildman–Crippen MR) is 27.0 cm³/mol. The van der Waals surface area contributed by atoms with Crippen molar-refractivity contribution in [3.8, 4) is 0 Å². The van der Waals surface area contributed by atoms with Gasteiger partial charge >= 0.3 is 0 Å². The number of rotatable bonds is 0. The topological polar surface area (TPSA) is 38.1 Å². The molecule has 1 aromatic rings. The number of nitrogens with one attached hydrogen (secondary N) is 1. The largest absolute Gasteiger partial charge is 0.447 e. The van der Waals surface area contributed by atoms with Gasteiger partial charge in [-0.15, -0.1) is 0 Å². The van der Waals surface area contributed by atoms with Gasteiger partial charge in [0, 0.05) is 6.54 Å². The van der Waals surface area contributed by atoms with Crippen molar-refractivity contribution >= 4 is 0 Å². The second-order valence-electron chi connectivity index (χ2n) is 1.83. The molecule has 0 radical (unpaired) electrons. The molecule has 0 aromatic carbocycles. The quantitative estimate of drug-likeness (QED) is 0.521. The van der Waals surface area contributed by atoms with E-state index in [4.69, 9.17) is 4.42 Å². The van der Waals surface area contributed by atoms with Crippen LogP contribution in [0.2, 0.25) is 0 Å². The first-order chi connectivity index (χ1) is 3.97. The summed E-state index contributed by atoms with van der Waals surface area (Å²) in [6.07, 6.45) is 1.49. The summed E-state index contributed by atoms with van der Waals surface area (Å²) in [6, 6.07) is 0. The molecule has 0 spiro atoms. The summed E-state index contributed by atoms with van der Waals surface area (Å²) in [7, 11) is 0. The third kappa shape index (κ3) is 0.391. The maximum atomic E-state index is 5.00. The highest BCUT2D eigenvalue weighted by molar-refractivity contribution is 5.10. The Morgan fingerprint density at radius 1 is 1.62 bits per heavy atom. The Labute approximate surface area is 46.7 Å². The molecule has 1 aliphatic heterocycles. The number of hydrogen-bond acceptors (Lipinski definition) is 3. The van der Waals surface area contributed by atoms with Gasteiger partial charge < -0.3 is 9.73 Å². The Morgan fingerprint density at radius 2 is 2.62 bits per heavy atom. The lowest BCUT2D eigenvalue weighted by Gasteiger charge is -1.81. The van der Waals surface area contributed by atoms with E-state index in [0.29, 0.717) is 0 Å². The van der Waals surface area contributed by atoms with E-state index in [9.17, 15) is 0 Å². The van der Waals surface area contributed by atoms with E-state index in [1.54, 1.807) is 0 Å². The van der Waals surface area contributed by atoms with Crippen molar-refractivity contribution in [2.45, 2.75) is 13.1 Å². The summed E-state index contributed by atoms with van der Waals surface area (Å²) < 4.78 is 5.00. The monoisotopic (exact) mass is 110 g/mol. The first-order valence-electron chi connectivity index (χ1n) is 2.59. The number of fused-ring (bicyclic) bond motifs is 1. The van der Waals surface area contributed by atoms with Gasteiger partial charge in [0.05, 0.1) is 12.2 Å². The van der Waals surface area contributed by atoms with E-state index in [1.165, 1.54) is 6.39 Å². The van der Waals surface area contributed by atoms with Crippen LogP contribution in [0.4, 0.5) is 0 Å². The smallest absolute Gasteiger partial charge is 0.181 e. The third-order valence-corrected chi connectivity index (χ3v) is 1.30. The zero-order valence-electron chi connectivity index (χ0n) is 4.35. The fourth-order valence-electron chi connectivity index (χ4n) is 0.876. The first-order valence-corrected chi connectivity index (χ1v) is 2.59. The van der Waals surface area contributed by atoms with Gasteiger partial charge in [-0.1, -0.05) is 0 Å². The molecule has 2 rings (SSSR count). The minimum absolute atomic E-state index is 0.843. The van der Waals surface area contributed by atoms with Crippen molar-refractivity contribution in [1.82, 2.24) is 10.3 Å². The van der Waals surface area contributed by atoms with E-state index >= 15 is 0 Å². The van der Waals surface area contributed by atoms with E-state index in [-0.39, 0.29) is 0 Å². The Balaban J connectivity index is 2.54. The summed E-state index contributed by atoms with van der Waals surface area (Å²) in [5.74, 6) is 0.991. The van der Waals surface area contributed by atoms with Gasteiger partial charge in [-0.25, -0.2) is 4.98 Å². The van der Waals surface area contributed by atoms with Gasteiger partial charge in [-0.3, -0.25) is 0 Å². The highest BCUT2D eigenvalue weighted by atomic mass is 16.3. The average molecular weight is 110 g/mol. The third-order valence-electron chi connectivity index (χ3n) is 1.30.